The van der Waals surface area contributed by atoms with Crippen LogP contribution in [0.25, 0.3) is 44.2 Å². The van der Waals surface area contributed by atoms with Crippen LogP contribution in [0.4, 0.5) is 18.4 Å². The topological polar surface area (TPSA) is 193 Å². The summed E-state index contributed by atoms with van der Waals surface area (Å²) in [4.78, 5) is 72.1. The Kier molecular flexibility index (Phi) is 11.2. The van der Waals surface area contributed by atoms with Crippen molar-refractivity contribution in [3.05, 3.63) is 65.9 Å². The summed E-state index contributed by atoms with van der Waals surface area (Å²) in [5.74, 6) is 0.697. The number of H-pyrrole nitrogens is 2. The van der Waals surface area contributed by atoms with Crippen LogP contribution in [0, 0.1) is 17.8 Å². The quantitative estimate of drug-likeness (QED) is 0.114. The van der Waals surface area contributed by atoms with E-state index in [0.29, 0.717) is 35.9 Å². The number of carbonyl (C=O) groups is 4. The molecule has 18 heteroatoms. The van der Waals surface area contributed by atoms with Gasteiger partial charge in [-0.1, -0.05) is 39.0 Å². The standard InChI is InChI=1S/C45H50F2N8O8/c1-21(2)36(52-44(58)60-4)41(56)54-18-23(19-63-43(46)47)13-34(54)40-49-31-10-7-24-15-30-28-9-6-25(14-26(28)20-62-35(30)16-29(24)38(31)51-40)32-17-48-39(50-32)33-11-8-27-12-22(3)37(42(57)55(27)33)53-45(59)61-5/h6-7,9-10,14-17,21-23,27,33-34,36-37,43H,8,11-13,18-20H2,1-5H3,(H,48,50)(H,49,51)(H,52,58)(H,53,59)/t22?,23-,27+,33?,34-,36-,37-/m0/s1. The molecule has 4 aliphatic rings. The molecular formula is C45H50F2N8O8. The highest BCUT2D eigenvalue weighted by Gasteiger charge is 2.48. The second-order valence-electron chi connectivity index (χ2n) is 17.4. The molecule has 2 unspecified atom stereocenters. The Hall–Kier alpha value is -6.30. The molecule has 332 valence electrons. The SMILES string of the molecule is COC(=O)N[C@H](C(=O)N1C[C@@H](COC(F)F)C[C@H]1c1nc2c(ccc3cc4c(cc32)OCc2cc(-c3cnc(C5CC[C@@H]6CC(C)[C@H](NC(=O)OC)C(=O)N56)[nH]3)ccc2-4)[nH]1)C(C)C. The first-order chi connectivity index (χ1) is 30.3. The number of likely N-dealkylation sites (tertiary alicyclic amines) is 1. The van der Waals surface area contributed by atoms with Gasteiger partial charge in [-0.05, 0) is 83.9 Å². The van der Waals surface area contributed by atoms with Gasteiger partial charge in [-0.25, -0.2) is 19.6 Å². The Bertz CT molecular complexity index is 2600. The van der Waals surface area contributed by atoms with Gasteiger partial charge in [0.15, 0.2) is 0 Å². The van der Waals surface area contributed by atoms with Gasteiger partial charge in [0.1, 0.15) is 36.1 Å². The van der Waals surface area contributed by atoms with Crippen molar-refractivity contribution in [2.24, 2.45) is 17.8 Å². The fourth-order valence-electron chi connectivity index (χ4n) is 9.99. The predicted octanol–water partition coefficient (Wildman–Crippen LogP) is 6.97. The normalized spacial score (nSPS) is 23.4. The lowest BCUT2D eigenvalue weighted by atomic mass is 9.88. The van der Waals surface area contributed by atoms with Crippen molar-refractivity contribution in [2.75, 3.05) is 27.4 Å². The van der Waals surface area contributed by atoms with Gasteiger partial charge in [-0.3, -0.25) is 9.59 Å². The molecule has 0 saturated carbocycles. The van der Waals surface area contributed by atoms with E-state index in [2.05, 4.69) is 43.5 Å². The largest absolute Gasteiger partial charge is 0.488 e. The first-order valence-electron chi connectivity index (χ1n) is 21.3. The molecule has 7 atom stereocenters. The minimum Gasteiger partial charge on any atom is -0.488 e. The molecule has 16 nitrogen and oxygen atoms in total. The average molecular weight is 869 g/mol. The molecule has 0 spiro atoms. The van der Waals surface area contributed by atoms with Crippen LogP contribution in [-0.4, -0.2) is 106 Å². The number of carbonyl (C=O) groups excluding carboxylic acids is 4. The molecule has 4 amide bonds. The Labute approximate surface area is 361 Å². The molecule has 3 saturated heterocycles. The number of aromatic nitrogens is 4. The Morgan fingerprint density at radius 3 is 2.54 bits per heavy atom. The van der Waals surface area contributed by atoms with Gasteiger partial charge in [0.2, 0.25) is 11.8 Å². The summed E-state index contributed by atoms with van der Waals surface area (Å²) >= 11 is 0. The number of imidazole rings is 2. The lowest BCUT2D eigenvalue weighted by Crippen LogP contribution is -2.58. The zero-order valence-corrected chi connectivity index (χ0v) is 35.6. The molecule has 4 aliphatic heterocycles. The number of rotatable bonds is 10. The number of halogens is 2. The van der Waals surface area contributed by atoms with Crippen molar-refractivity contribution in [1.82, 2.24) is 40.4 Å². The van der Waals surface area contributed by atoms with E-state index in [1.165, 1.54) is 14.2 Å². The van der Waals surface area contributed by atoms with Crippen LogP contribution in [0.5, 0.6) is 5.75 Å². The number of ether oxygens (including phenoxy) is 4. The highest BCUT2D eigenvalue weighted by molar-refractivity contribution is 6.07. The van der Waals surface area contributed by atoms with Gasteiger partial charge in [0, 0.05) is 29.5 Å². The van der Waals surface area contributed by atoms with E-state index < -0.39 is 42.8 Å². The van der Waals surface area contributed by atoms with Crippen LogP contribution >= 0.6 is 0 Å². The average Bonchev–Trinajstić information content (AvgIpc) is 4.10. The molecule has 3 fully saturated rings. The number of nitrogens with zero attached hydrogens (tertiary/aromatic N) is 4. The van der Waals surface area contributed by atoms with E-state index >= 15 is 0 Å². The van der Waals surface area contributed by atoms with Crippen LogP contribution < -0.4 is 15.4 Å². The molecule has 0 aliphatic carbocycles. The molecule has 6 heterocycles. The summed E-state index contributed by atoms with van der Waals surface area (Å²) in [5.41, 5.74) is 6.08. The number of alkyl halides is 2. The first kappa shape index (κ1) is 42.0. The van der Waals surface area contributed by atoms with Gasteiger partial charge >= 0.3 is 18.8 Å². The van der Waals surface area contributed by atoms with Crippen molar-refractivity contribution >= 4 is 45.8 Å². The summed E-state index contributed by atoms with van der Waals surface area (Å²) in [6, 6.07) is 11.9. The maximum absolute atomic E-state index is 14.0. The van der Waals surface area contributed by atoms with E-state index in [1.54, 1.807) is 24.9 Å². The number of piperidine rings is 1. The number of aromatic amines is 2. The molecular weight excluding hydrogens is 819 g/mol. The third-order valence-corrected chi connectivity index (χ3v) is 13.1. The van der Waals surface area contributed by atoms with E-state index in [0.717, 1.165) is 63.5 Å². The van der Waals surface area contributed by atoms with E-state index in [9.17, 15) is 28.0 Å². The summed E-state index contributed by atoms with van der Waals surface area (Å²) < 4.78 is 46.8. The number of amides is 4. The maximum atomic E-state index is 14.0. The Morgan fingerprint density at radius 2 is 1.78 bits per heavy atom. The Balaban J connectivity index is 0.973. The summed E-state index contributed by atoms with van der Waals surface area (Å²) in [7, 11) is 2.51. The lowest BCUT2D eigenvalue weighted by molar-refractivity contribution is -0.142. The van der Waals surface area contributed by atoms with Gasteiger partial charge < -0.3 is 49.3 Å². The summed E-state index contributed by atoms with van der Waals surface area (Å²) in [5, 5.41) is 7.11. The highest BCUT2D eigenvalue weighted by Crippen LogP contribution is 2.45. The van der Waals surface area contributed by atoms with Gasteiger partial charge in [-0.2, -0.15) is 8.78 Å². The second kappa shape index (κ2) is 16.8. The number of fused-ring (bicyclic) bond motifs is 7. The number of hydrogen-bond donors (Lipinski definition) is 4. The van der Waals surface area contributed by atoms with Crippen molar-refractivity contribution in [2.45, 2.75) is 89.9 Å². The maximum Gasteiger partial charge on any atom is 0.407 e. The van der Waals surface area contributed by atoms with Gasteiger partial charge in [0.25, 0.3) is 0 Å². The van der Waals surface area contributed by atoms with Crippen molar-refractivity contribution < 1.29 is 46.9 Å². The lowest BCUT2D eigenvalue weighted by Gasteiger charge is -2.41. The molecule has 5 aromatic rings. The van der Waals surface area contributed by atoms with Crippen LogP contribution in [0.1, 0.15) is 75.8 Å². The minimum atomic E-state index is -2.94. The van der Waals surface area contributed by atoms with Crippen LogP contribution in [0.2, 0.25) is 0 Å². The number of methoxy groups -OCH3 is 2. The monoisotopic (exact) mass is 868 g/mol. The number of alkyl carbamates (subject to hydrolysis) is 2. The van der Waals surface area contributed by atoms with E-state index in [1.807, 2.05) is 36.1 Å². The Morgan fingerprint density at radius 1 is 0.968 bits per heavy atom. The smallest absolute Gasteiger partial charge is 0.407 e. The minimum absolute atomic E-state index is 0.0158. The molecule has 3 aromatic carbocycles. The molecule has 0 radical (unpaired) electrons. The second-order valence-corrected chi connectivity index (χ2v) is 17.4. The van der Waals surface area contributed by atoms with Gasteiger partial charge in [-0.15, -0.1) is 0 Å². The van der Waals surface area contributed by atoms with Crippen molar-refractivity contribution in [3.8, 4) is 28.1 Å². The zero-order chi connectivity index (χ0) is 44.3. The van der Waals surface area contributed by atoms with Crippen molar-refractivity contribution in [1.29, 1.82) is 0 Å². The van der Waals surface area contributed by atoms with Crippen LogP contribution in [-0.2, 0) is 30.4 Å². The number of benzene rings is 3. The fraction of sp³-hybridized carbons (Fsp3) is 0.467. The van der Waals surface area contributed by atoms with E-state index in [4.69, 9.17) is 24.2 Å². The van der Waals surface area contributed by atoms with Crippen LogP contribution in [0.3, 0.4) is 0 Å². The molecule has 4 N–H and O–H groups in total. The van der Waals surface area contributed by atoms with Gasteiger partial charge in [0.05, 0.1) is 55.8 Å². The van der Waals surface area contributed by atoms with Crippen LogP contribution in [0.15, 0.2) is 48.7 Å². The third-order valence-electron chi connectivity index (χ3n) is 13.1. The number of nitrogens with one attached hydrogen (secondary N) is 4. The summed E-state index contributed by atoms with van der Waals surface area (Å²) in [6.45, 7) is 2.86. The third kappa shape index (κ3) is 7.78. The fourth-order valence-corrected chi connectivity index (χ4v) is 9.99. The molecule has 0 bridgehead atoms. The summed E-state index contributed by atoms with van der Waals surface area (Å²) in [6.07, 6.45) is 3.15. The number of hydrogen-bond acceptors (Lipinski definition) is 10. The molecule has 2 aromatic heterocycles. The molecule has 9 rings (SSSR count). The highest BCUT2D eigenvalue weighted by atomic mass is 19.3. The van der Waals surface area contributed by atoms with Crippen molar-refractivity contribution in [3.63, 3.8) is 0 Å². The zero-order valence-electron chi connectivity index (χ0n) is 35.6. The predicted molar refractivity (Wildman–Crippen MR) is 225 cm³/mol. The first-order valence-corrected chi connectivity index (χ1v) is 21.3. The molecule has 63 heavy (non-hydrogen) atoms. The van der Waals surface area contributed by atoms with E-state index in [-0.39, 0.29) is 48.9 Å².